The molecule has 0 unspecified atom stereocenters. The van der Waals surface area contributed by atoms with Crippen LogP contribution in [0, 0.1) is 6.92 Å². The molecule has 124 valence electrons. The van der Waals surface area contributed by atoms with Crippen LogP contribution < -0.4 is 0 Å². The topological polar surface area (TPSA) is 43.9 Å². The van der Waals surface area contributed by atoms with Gasteiger partial charge in [0, 0.05) is 26.2 Å². The van der Waals surface area contributed by atoms with Gasteiger partial charge in [0.15, 0.2) is 0 Å². The third-order valence-corrected chi connectivity index (χ3v) is 6.18. The van der Waals surface area contributed by atoms with Gasteiger partial charge in [0.25, 0.3) is 0 Å². The van der Waals surface area contributed by atoms with Crippen LogP contribution in [0.25, 0.3) is 0 Å². The van der Waals surface area contributed by atoms with Crippen LogP contribution in [0.3, 0.4) is 0 Å². The van der Waals surface area contributed by atoms with Crippen LogP contribution in [-0.4, -0.2) is 75.9 Å². The second kappa shape index (κ2) is 7.55. The molecule has 0 atom stereocenters. The predicted octanol–water partition coefficient (Wildman–Crippen LogP) is 1.25. The average molecular weight is 325 g/mol. The van der Waals surface area contributed by atoms with Gasteiger partial charge in [-0.1, -0.05) is 18.2 Å². The SMILES string of the molecule is Cc1ccccc1S(=O)(=O)N1CCN(CCCN(C)C)CC1. The second-order valence-corrected chi connectivity index (χ2v) is 8.07. The average Bonchev–Trinajstić information content (AvgIpc) is 2.47. The van der Waals surface area contributed by atoms with Crippen molar-refractivity contribution in [3.8, 4) is 0 Å². The van der Waals surface area contributed by atoms with Crippen LogP contribution in [-0.2, 0) is 10.0 Å². The minimum absolute atomic E-state index is 0.441. The Hall–Kier alpha value is -0.950. The largest absolute Gasteiger partial charge is 0.309 e. The number of aryl methyl sites for hydroxylation is 1. The molecule has 0 N–H and O–H groups in total. The smallest absolute Gasteiger partial charge is 0.243 e. The van der Waals surface area contributed by atoms with E-state index >= 15 is 0 Å². The first-order chi connectivity index (χ1) is 10.4. The number of hydrogen-bond acceptors (Lipinski definition) is 4. The van der Waals surface area contributed by atoms with Gasteiger partial charge in [-0.15, -0.1) is 0 Å². The van der Waals surface area contributed by atoms with E-state index in [9.17, 15) is 8.42 Å². The molecule has 2 rings (SSSR count). The fourth-order valence-electron chi connectivity index (χ4n) is 2.79. The number of nitrogens with zero attached hydrogens (tertiary/aromatic N) is 3. The molecule has 1 fully saturated rings. The number of rotatable bonds is 6. The Kier molecular flexibility index (Phi) is 5.97. The van der Waals surface area contributed by atoms with Crippen molar-refractivity contribution in [2.45, 2.75) is 18.2 Å². The molecule has 1 aliphatic heterocycles. The molecule has 1 heterocycles. The van der Waals surface area contributed by atoms with Gasteiger partial charge in [-0.2, -0.15) is 4.31 Å². The Morgan fingerprint density at radius 1 is 1.09 bits per heavy atom. The van der Waals surface area contributed by atoms with E-state index in [0.717, 1.165) is 38.2 Å². The van der Waals surface area contributed by atoms with Crippen LogP contribution in [0.1, 0.15) is 12.0 Å². The zero-order valence-electron chi connectivity index (χ0n) is 13.8. The molecule has 5 nitrogen and oxygen atoms in total. The minimum atomic E-state index is -3.35. The van der Waals surface area contributed by atoms with Crippen molar-refractivity contribution >= 4 is 10.0 Å². The lowest BCUT2D eigenvalue weighted by Crippen LogP contribution is -2.49. The Morgan fingerprint density at radius 3 is 2.32 bits per heavy atom. The summed E-state index contributed by atoms with van der Waals surface area (Å²) < 4.78 is 27.1. The molecule has 0 amide bonds. The highest BCUT2D eigenvalue weighted by molar-refractivity contribution is 7.89. The summed E-state index contributed by atoms with van der Waals surface area (Å²) in [6.45, 7) is 6.76. The minimum Gasteiger partial charge on any atom is -0.309 e. The first-order valence-electron chi connectivity index (χ1n) is 7.84. The molecule has 0 aliphatic carbocycles. The molecule has 1 aromatic carbocycles. The molecule has 1 saturated heterocycles. The van der Waals surface area contributed by atoms with Gasteiger partial charge in [0.1, 0.15) is 0 Å². The van der Waals surface area contributed by atoms with Gasteiger partial charge in [-0.3, -0.25) is 0 Å². The van der Waals surface area contributed by atoms with E-state index in [2.05, 4.69) is 23.9 Å². The summed E-state index contributed by atoms with van der Waals surface area (Å²) in [5.41, 5.74) is 0.816. The maximum absolute atomic E-state index is 12.7. The molecule has 0 saturated carbocycles. The third-order valence-electron chi connectivity index (χ3n) is 4.12. The predicted molar refractivity (Wildman–Crippen MR) is 89.5 cm³/mol. The van der Waals surface area contributed by atoms with Crippen molar-refractivity contribution < 1.29 is 8.42 Å². The normalized spacial score (nSPS) is 18.0. The van der Waals surface area contributed by atoms with Gasteiger partial charge in [-0.05, 0) is 52.2 Å². The molecular formula is C16H27N3O2S. The van der Waals surface area contributed by atoms with Crippen molar-refractivity contribution in [3.63, 3.8) is 0 Å². The van der Waals surface area contributed by atoms with E-state index in [4.69, 9.17) is 0 Å². The fraction of sp³-hybridized carbons (Fsp3) is 0.625. The Balaban J connectivity index is 1.92. The van der Waals surface area contributed by atoms with E-state index in [1.54, 1.807) is 16.4 Å². The molecule has 6 heteroatoms. The molecule has 22 heavy (non-hydrogen) atoms. The van der Waals surface area contributed by atoms with E-state index in [1.807, 2.05) is 19.1 Å². The van der Waals surface area contributed by atoms with Crippen LogP contribution in [0.4, 0.5) is 0 Å². The highest BCUT2D eigenvalue weighted by Gasteiger charge is 2.29. The molecule has 1 aliphatic rings. The number of sulfonamides is 1. The summed E-state index contributed by atoms with van der Waals surface area (Å²) in [4.78, 5) is 4.97. The van der Waals surface area contributed by atoms with E-state index in [0.29, 0.717) is 18.0 Å². The Labute approximate surface area is 134 Å². The second-order valence-electron chi connectivity index (χ2n) is 6.17. The molecule has 0 spiro atoms. The van der Waals surface area contributed by atoms with E-state index in [1.165, 1.54) is 0 Å². The number of hydrogen-bond donors (Lipinski definition) is 0. The van der Waals surface area contributed by atoms with Crippen LogP contribution >= 0.6 is 0 Å². The first-order valence-corrected chi connectivity index (χ1v) is 9.28. The summed E-state index contributed by atoms with van der Waals surface area (Å²) in [5, 5.41) is 0. The number of benzene rings is 1. The highest BCUT2D eigenvalue weighted by Crippen LogP contribution is 2.20. The zero-order chi connectivity index (χ0) is 16.2. The lowest BCUT2D eigenvalue weighted by molar-refractivity contribution is 0.181. The van der Waals surface area contributed by atoms with Gasteiger partial charge >= 0.3 is 0 Å². The lowest BCUT2D eigenvalue weighted by atomic mass is 10.2. The van der Waals surface area contributed by atoms with Crippen molar-refractivity contribution in [2.24, 2.45) is 0 Å². The first kappa shape index (κ1) is 17.4. The quantitative estimate of drug-likeness (QED) is 0.790. The fourth-order valence-corrected chi connectivity index (χ4v) is 4.44. The van der Waals surface area contributed by atoms with Crippen LogP contribution in [0.5, 0.6) is 0 Å². The maximum Gasteiger partial charge on any atom is 0.243 e. The molecule has 0 bridgehead atoms. The molecule has 1 aromatic rings. The van der Waals surface area contributed by atoms with Gasteiger partial charge < -0.3 is 9.80 Å². The standard InChI is InChI=1S/C16H27N3O2S/c1-15-7-4-5-8-16(15)22(20,21)19-13-11-18(12-14-19)10-6-9-17(2)3/h4-5,7-8H,6,9-14H2,1-3H3. The summed E-state index contributed by atoms with van der Waals surface area (Å²) >= 11 is 0. The summed E-state index contributed by atoms with van der Waals surface area (Å²) in [7, 11) is 0.801. The molecule has 0 radical (unpaired) electrons. The number of piperazine rings is 1. The summed E-state index contributed by atoms with van der Waals surface area (Å²) in [5.74, 6) is 0. The van der Waals surface area contributed by atoms with Gasteiger partial charge in [-0.25, -0.2) is 8.42 Å². The summed E-state index contributed by atoms with van der Waals surface area (Å²) in [6.07, 6.45) is 1.12. The molecule has 0 aromatic heterocycles. The maximum atomic E-state index is 12.7. The van der Waals surface area contributed by atoms with Crippen molar-refractivity contribution in [1.29, 1.82) is 0 Å². The van der Waals surface area contributed by atoms with Crippen molar-refractivity contribution in [3.05, 3.63) is 29.8 Å². The Bertz CT molecular complexity index is 579. The van der Waals surface area contributed by atoms with E-state index < -0.39 is 10.0 Å². The van der Waals surface area contributed by atoms with Gasteiger partial charge in [0.05, 0.1) is 4.90 Å². The van der Waals surface area contributed by atoms with Crippen molar-refractivity contribution in [1.82, 2.24) is 14.1 Å². The van der Waals surface area contributed by atoms with Gasteiger partial charge in [0.2, 0.25) is 10.0 Å². The van der Waals surface area contributed by atoms with Crippen molar-refractivity contribution in [2.75, 3.05) is 53.4 Å². The summed E-state index contributed by atoms with van der Waals surface area (Å²) in [6, 6.07) is 7.22. The molecular weight excluding hydrogens is 298 g/mol. The Morgan fingerprint density at radius 2 is 1.73 bits per heavy atom. The monoisotopic (exact) mass is 325 g/mol. The van der Waals surface area contributed by atoms with Crippen LogP contribution in [0.2, 0.25) is 0 Å². The van der Waals surface area contributed by atoms with E-state index in [-0.39, 0.29) is 0 Å². The lowest BCUT2D eigenvalue weighted by Gasteiger charge is -2.34. The third kappa shape index (κ3) is 4.29. The highest BCUT2D eigenvalue weighted by atomic mass is 32.2. The zero-order valence-corrected chi connectivity index (χ0v) is 14.6. The van der Waals surface area contributed by atoms with Crippen LogP contribution in [0.15, 0.2) is 29.2 Å².